The summed E-state index contributed by atoms with van der Waals surface area (Å²) >= 11 is 0. The molecule has 0 rings (SSSR count). The molecule has 0 heterocycles. The van der Waals surface area contributed by atoms with Crippen LogP contribution in [0.1, 0.15) is 71.1 Å². The van der Waals surface area contributed by atoms with E-state index in [9.17, 15) is 13.2 Å². The van der Waals surface area contributed by atoms with E-state index in [2.05, 4.69) is 16.4 Å². The highest BCUT2D eigenvalue weighted by Crippen LogP contribution is 2.09. The first-order chi connectivity index (χ1) is 10.9. The Labute approximate surface area is 141 Å². The molecule has 0 unspecified atom stereocenters. The lowest BCUT2D eigenvalue weighted by Gasteiger charge is -2.04. The molecule has 0 aromatic carbocycles. The molecule has 4 N–H and O–H groups in total. The maximum absolute atomic E-state index is 11.3. The Morgan fingerprint density at radius 2 is 1.52 bits per heavy atom. The molecule has 0 atom stereocenters. The molecule has 0 radical (unpaired) electrons. The van der Waals surface area contributed by atoms with Crippen LogP contribution in [0.2, 0.25) is 0 Å². The van der Waals surface area contributed by atoms with Gasteiger partial charge in [0.2, 0.25) is 5.91 Å². The minimum Gasteiger partial charge on any atom is -0.356 e. The average Bonchev–Trinajstić information content (AvgIpc) is 2.50. The van der Waals surface area contributed by atoms with E-state index in [0.717, 1.165) is 26.5 Å². The van der Waals surface area contributed by atoms with Crippen LogP contribution in [0.3, 0.4) is 0 Å². The van der Waals surface area contributed by atoms with Crippen molar-refractivity contribution in [2.75, 3.05) is 20.2 Å². The lowest BCUT2D eigenvalue weighted by Crippen LogP contribution is -2.25. The average molecular weight is 355 g/mol. The number of carbonyl (C=O) groups is 1. The van der Waals surface area contributed by atoms with Gasteiger partial charge in [0, 0.05) is 13.0 Å². The van der Waals surface area contributed by atoms with Crippen LogP contribution in [0.15, 0.2) is 0 Å². The van der Waals surface area contributed by atoms with Gasteiger partial charge >= 0.3 is 10.4 Å². The highest BCUT2D eigenvalue weighted by Gasteiger charge is 1.99. The van der Waals surface area contributed by atoms with Crippen molar-refractivity contribution >= 4 is 16.3 Å². The molecule has 0 aromatic rings. The van der Waals surface area contributed by atoms with Gasteiger partial charge in [-0.05, 0) is 19.4 Å². The summed E-state index contributed by atoms with van der Waals surface area (Å²) < 4.78 is 29.7. The van der Waals surface area contributed by atoms with Gasteiger partial charge in [-0.3, -0.25) is 13.5 Å². The van der Waals surface area contributed by atoms with Crippen molar-refractivity contribution in [2.24, 2.45) is 5.73 Å². The predicted molar refractivity (Wildman–Crippen MR) is 92.5 cm³/mol. The van der Waals surface area contributed by atoms with E-state index >= 15 is 0 Å². The fourth-order valence-corrected chi connectivity index (χ4v) is 1.84. The van der Waals surface area contributed by atoms with Crippen LogP contribution in [0.5, 0.6) is 0 Å². The van der Waals surface area contributed by atoms with Gasteiger partial charge in [-0.15, -0.1) is 0 Å². The first kappa shape index (κ1) is 24.6. The highest BCUT2D eigenvalue weighted by atomic mass is 32.3. The van der Waals surface area contributed by atoms with E-state index in [1.165, 1.54) is 44.9 Å². The van der Waals surface area contributed by atoms with Crippen molar-refractivity contribution in [1.82, 2.24) is 5.32 Å². The fraction of sp³-hybridized carbons (Fsp3) is 0.933. The fourth-order valence-electron chi connectivity index (χ4n) is 1.84. The third-order valence-corrected chi connectivity index (χ3v) is 3.59. The summed E-state index contributed by atoms with van der Waals surface area (Å²) in [5, 5.41) is 2.88. The Hall–Kier alpha value is -0.700. The smallest absolute Gasteiger partial charge is 0.356 e. The number of hydrogen-bond acceptors (Lipinski definition) is 5. The highest BCUT2D eigenvalue weighted by molar-refractivity contribution is 7.80. The zero-order valence-corrected chi connectivity index (χ0v) is 15.4. The normalized spacial score (nSPS) is 10.8. The molecule has 0 aliphatic heterocycles. The summed E-state index contributed by atoms with van der Waals surface area (Å²) in [5.74, 6) is 0.185. The van der Waals surface area contributed by atoms with Crippen LogP contribution < -0.4 is 11.1 Å². The maximum Gasteiger partial charge on any atom is 0.397 e. The first-order valence-electron chi connectivity index (χ1n) is 8.37. The van der Waals surface area contributed by atoms with E-state index in [4.69, 9.17) is 10.3 Å². The molecular formula is C15H34N2O5S. The molecule has 0 aliphatic rings. The molecule has 23 heavy (non-hydrogen) atoms. The minimum atomic E-state index is -4.16. The van der Waals surface area contributed by atoms with Gasteiger partial charge in [-0.25, -0.2) is 0 Å². The van der Waals surface area contributed by atoms with Crippen molar-refractivity contribution in [3.05, 3.63) is 0 Å². The van der Waals surface area contributed by atoms with Crippen molar-refractivity contribution in [2.45, 2.75) is 71.1 Å². The molecule has 0 bridgehead atoms. The second-order valence-corrected chi connectivity index (χ2v) is 6.50. The second-order valence-electron chi connectivity index (χ2n) is 5.31. The Morgan fingerprint density at radius 3 is 1.96 bits per heavy atom. The van der Waals surface area contributed by atoms with Gasteiger partial charge in [-0.2, -0.15) is 8.42 Å². The van der Waals surface area contributed by atoms with E-state index < -0.39 is 10.4 Å². The van der Waals surface area contributed by atoms with Gasteiger partial charge in [0.25, 0.3) is 0 Å². The number of carbonyl (C=O) groups excluding carboxylic acids is 1. The van der Waals surface area contributed by atoms with Crippen LogP contribution in [-0.4, -0.2) is 39.1 Å². The maximum atomic E-state index is 11.3. The topological polar surface area (TPSA) is 119 Å². The molecule has 8 heteroatoms. The van der Waals surface area contributed by atoms with Gasteiger partial charge in [-0.1, -0.05) is 51.9 Å². The first-order valence-corrected chi connectivity index (χ1v) is 9.73. The summed E-state index contributed by atoms with van der Waals surface area (Å²) in [6, 6.07) is 0. The lowest BCUT2D eigenvalue weighted by molar-refractivity contribution is -0.121. The van der Waals surface area contributed by atoms with Crippen LogP contribution >= 0.6 is 0 Å². The van der Waals surface area contributed by atoms with Crippen LogP contribution in [0, 0.1) is 0 Å². The van der Waals surface area contributed by atoms with Gasteiger partial charge in [0.05, 0.1) is 7.11 Å². The van der Waals surface area contributed by atoms with E-state index in [1.807, 2.05) is 0 Å². The molecule has 0 spiro atoms. The number of rotatable bonds is 13. The molecule has 0 aromatic heterocycles. The minimum absolute atomic E-state index is 0.185. The molecule has 1 amide bonds. The third-order valence-electron chi connectivity index (χ3n) is 3.17. The second kappa shape index (κ2) is 17.7. The zero-order chi connectivity index (χ0) is 18.0. The Bertz CT molecular complexity index is 361. The van der Waals surface area contributed by atoms with E-state index in [1.54, 1.807) is 0 Å². The molecule has 0 aliphatic carbocycles. The monoisotopic (exact) mass is 354 g/mol. The molecule has 0 saturated carbocycles. The number of nitrogens with one attached hydrogen (secondary N) is 1. The largest absolute Gasteiger partial charge is 0.397 e. The van der Waals surface area contributed by atoms with Crippen molar-refractivity contribution in [3.63, 3.8) is 0 Å². The quantitative estimate of drug-likeness (QED) is 0.345. The van der Waals surface area contributed by atoms with Crippen molar-refractivity contribution in [3.8, 4) is 0 Å². The van der Waals surface area contributed by atoms with Crippen molar-refractivity contribution in [1.29, 1.82) is 0 Å². The summed E-state index contributed by atoms with van der Waals surface area (Å²) in [6.07, 6.45) is 11.8. The van der Waals surface area contributed by atoms with Gasteiger partial charge in [0.15, 0.2) is 0 Å². The standard InChI is InChI=1S/C14H30N2O.CH4O4S/c1-2-3-4-5-6-7-8-9-11-14(17)16-13-10-12-15;1-5-6(2,3)4/h2-13,15H2,1H3,(H,16,17);1H3,(H,2,3,4). The van der Waals surface area contributed by atoms with Crippen LogP contribution in [0.25, 0.3) is 0 Å². The Kier molecular flexibility index (Phi) is 18.8. The van der Waals surface area contributed by atoms with Crippen molar-refractivity contribution < 1.29 is 21.9 Å². The van der Waals surface area contributed by atoms with Gasteiger partial charge in [0.1, 0.15) is 0 Å². The summed E-state index contributed by atoms with van der Waals surface area (Å²) in [5.41, 5.74) is 5.35. The number of hydrogen-bond donors (Lipinski definition) is 3. The summed E-state index contributed by atoms with van der Waals surface area (Å²) in [7, 11) is -3.29. The van der Waals surface area contributed by atoms with Crippen LogP contribution in [0.4, 0.5) is 0 Å². The molecular weight excluding hydrogens is 320 g/mol. The Morgan fingerprint density at radius 1 is 1.04 bits per heavy atom. The van der Waals surface area contributed by atoms with E-state index in [-0.39, 0.29) is 5.91 Å². The SMILES string of the molecule is CCCCCCCCCCC(=O)NCCCN.COS(=O)(=O)O. The summed E-state index contributed by atoms with van der Waals surface area (Å²) in [6.45, 7) is 3.62. The molecule has 7 nitrogen and oxygen atoms in total. The third kappa shape index (κ3) is 26.5. The number of unbranched alkanes of at least 4 members (excludes halogenated alkanes) is 7. The molecule has 0 fully saturated rings. The zero-order valence-electron chi connectivity index (χ0n) is 14.6. The van der Waals surface area contributed by atoms with Gasteiger partial charge < -0.3 is 11.1 Å². The summed E-state index contributed by atoms with van der Waals surface area (Å²) in [4.78, 5) is 11.3. The number of amides is 1. The molecule has 0 saturated heterocycles. The van der Waals surface area contributed by atoms with Crippen LogP contribution in [-0.2, 0) is 19.4 Å². The molecule has 140 valence electrons. The lowest BCUT2D eigenvalue weighted by atomic mass is 10.1. The Balaban J connectivity index is 0. The predicted octanol–water partition coefficient (Wildman–Crippen LogP) is 2.42. The van der Waals surface area contributed by atoms with E-state index in [0.29, 0.717) is 13.0 Å². The number of nitrogens with two attached hydrogens (primary N) is 1.